The van der Waals surface area contributed by atoms with Crippen molar-refractivity contribution in [2.45, 2.75) is 25.7 Å². The Balaban J connectivity index is 1.99. The highest BCUT2D eigenvalue weighted by molar-refractivity contribution is 5.79. The van der Waals surface area contributed by atoms with Crippen LogP contribution in [0.4, 0.5) is 0 Å². The Morgan fingerprint density at radius 3 is 2.57 bits per heavy atom. The third-order valence-electron chi connectivity index (χ3n) is 3.95. The highest BCUT2D eigenvalue weighted by Crippen LogP contribution is 2.37. The first-order valence-electron chi connectivity index (χ1n) is 7.42. The summed E-state index contributed by atoms with van der Waals surface area (Å²) in [5.41, 5.74) is 4.83. The van der Waals surface area contributed by atoms with Gasteiger partial charge in [0, 0.05) is 18.0 Å². The Morgan fingerprint density at radius 2 is 1.81 bits per heavy atom. The van der Waals surface area contributed by atoms with Crippen molar-refractivity contribution in [3.63, 3.8) is 0 Å². The van der Waals surface area contributed by atoms with Crippen LogP contribution in [-0.2, 0) is 4.79 Å². The number of carbonyl (C=O) groups is 1. The van der Waals surface area contributed by atoms with Crippen LogP contribution in [0.3, 0.4) is 0 Å². The van der Waals surface area contributed by atoms with Crippen LogP contribution < -0.4 is 5.32 Å². The van der Waals surface area contributed by atoms with E-state index in [1.54, 1.807) is 0 Å². The Kier molecular flexibility index (Phi) is 3.87. The standard InChI is InChI=1S/C19H19NO/c1-2-19(21)20-16-12-15-10-6-7-11-17(15)18(13-16)14-8-4-3-5-9-14/h3-12,18H,2,13H2,1H3,(H,20,21). The maximum absolute atomic E-state index is 11.7. The van der Waals surface area contributed by atoms with Crippen molar-refractivity contribution < 1.29 is 4.79 Å². The molecule has 2 aromatic carbocycles. The van der Waals surface area contributed by atoms with Crippen molar-refractivity contribution in [2.75, 3.05) is 0 Å². The lowest BCUT2D eigenvalue weighted by Gasteiger charge is -2.26. The Bertz CT molecular complexity index is 673. The monoisotopic (exact) mass is 277 g/mol. The molecule has 0 saturated heterocycles. The number of nitrogens with one attached hydrogen (secondary N) is 1. The second-order valence-electron chi connectivity index (χ2n) is 5.37. The lowest BCUT2D eigenvalue weighted by molar-refractivity contribution is -0.120. The average molecular weight is 277 g/mol. The van der Waals surface area contributed by atoms with Crippen LogP contribution in [-0.4, -0.2) is 5.91 Å². The van der Waals surface area contributed by atoms with Gasteiger partial charge >= 0.3 is 0 Å². The van der Waals surface area contributed by atoms with Gasteiger partial charge in [0.05, 0.1) is 0 Å². The number of carbonyl (C=O) groups excluding carboxylic acids is 1. The van der Waals surface area contributed by atoms with Crippen LogP contribution >= 0.6 is 0 Å². The summed E-state index contributed by atoms with van der Waals surface area (Å²) in [4.78, 5) is 11.7. The molecule has 1 unspecified atom stereocenters. The highest BCUT2D eigenvalue weighted by Gasteiger charge is 2.23. The number of amides is 1. The van der Waals surface area contributed by atoms with Crippen LogP contribution in [0.15, 0.2) is 60.3 Å². The van der Waals surface area contributed by atoms with Crippen molar-refractivity contribution in [1.29, 1.82) is 0 Å². The molecule has 1 amide bonds. The molecule has 1 aliphatic carbocycles. The zero-order chi connectivity index (χ0) is 14.7. The molecule has 3 rings (SSSR count). The maximum Gasteiger partial charge on any atom is 0.223 e. The Labute approximate surface area is 125 Å². The molecule has 106 valence electrons. The maximum atomic E-state index is 11.7. The largest absolute Gasteiger partial charge is 0.330 e. The number of allylic oxidation sites excluding steroid dienone is 1. The number of hydrogen-bond donors (Lipinski definition) is 1. The van der Waals surface area contributed by atoms with Crippen LogP contribution in [0.2, 0.25) is 0 Å². The van der Waals surface area contributed by atoms with Gasteiger partial charge in [-0.15, -0.1) is 0 Å². The zero-order valence-electron chi connectivity index (χ0n) is 12.2. The Hall–Kier alpha value is -2.35. The minimum Gasteiger partial charge on any atom is -0.330 e. The highest BCUT2D eigenvalue weighted by atomic mass is 16.1. The Morgan fingerprint density at radius 1 is 1.10 bits per heavy atom. The second-order valence-corrected chi connectivity index (χ2v) is 5.37. The fourth-order valence-corrected chi connectivity index (χ4v) is 2.87. The van der Waals surface area contributed by atoms with E-state index in [1.807, 2.05) is 19.1 Å². The van der Waals surface area contributed by atoms with Gasteiger partial charge in [0.1, 0.15) is 0 Å². The molecule has 21 heavy (non-hydrogen) atoms. The predicted octanol–water partition coefficient (Wildman–Crippen LogP) is 4.09. The number of benzene rings is 2. The zero-order valence-corrected chi connectivity index (χ0v) is 12.2. The lowest BCUT2D eigenvalue weighted by Crippen LogP contribution is -2.25. The van der Waals surface area contributed by atoms with Crippen molar-refractivity contribution in [3.05, 3.63) is 77.0 Å². The molecule has 1 atom stereocenters. The van der Waals surface area contributed by atoms with Gasteiger partial charge in [0.2, 0.25) is 5.91 Å². The van der Waals surface area contributed by atoms with E-state index in [1.165, 1.54) is 16.7 Å². The van der Waals surface area contributed by atoms with E-state index in [9.17, 15) is 4.79 Å². The molecule has 0 spiro atoms. The normalized spacial score (nSPS) is 16.8. The molecule has 0 aliphatic heterocycles. The van der Waals surface area contributed by atoms with E-state index in [0.29, 0.717) is 12.3 Å². The van der Waals surface area contributed by atoms with Crippen LogP contribution in [0.25, 0.3) is 6.08 Å². The first kappa shape index (κ1) is 13.6. The molecule has 2 nitrogen and oxygen atoms in total. The molecule has 0 heterocycles. The topological polar surface area (TPSA) is 29.1 Å². The van der Waals surface area contributed by atoms with Gasteiger partial charge in [-0.2, -0.15) is 0 Å². The van der Waals surface area contributed by atoms with Gasteiger partial charge in [0.15, 0.2) is 0 Å². The molecule has 2 heteroatoms. The molecule has 0 aromatic heterocycles. The van der Waals surface area contributed by atoms with E-state index >= 15 is 0 Å². The molecular weight excluding hydrogens is 258 g/mol. The first-order chi connectivity index (χ1) is 10.3. The third-order valence-corrected chi connectivity index (χ3v) is 3.95. The number of fused-ring (bicyclic) bond motifs is 1. The van der Waals surface area contributed by atoms with Gasteiger partial charge in [-0.3, -0.25) is 4.79 Å². The van der Waals surface area contributed by atoms with Gasteiger partial charge in [-0.1, -0.05) is 61.5 Å². The van der Waals surface area contributed by atoms with E-state index in [-0.39, 0.29) is 5.91 Å². The van der Waals surface area contributed by atoms with Crippen LogP contribution in [0, 0.1) is 0 Å². The summed E-state index contributed by atoms with van der Waals surface area (Å²) in [6, 6.07) is 18.9. The van der Waals surface area contributed by atoms with E-state index in [2.05, 4.69) is 53.9 Å². The van der Waals surface area contributed by atoms with Crippen molar-refractivity contribution in [2.24, 2.45) is 0 Å². The summed E-state index contributed by atoms with van der Waals surface area (Å²) in [5.74, 6) is 0.381. The quantitative estimate of drug-likeness (QED) is 0.899. The van der Waals surface area contributed by atoms with Crippen molar-refractivity contribution >= 4 is 12.0 Å². The van der Waals surface area contributed by atoms with E-state index in [4.69, 9.17) is 0 Å². The van der Waals surface area contributed by atoms with Crippen LogP contribution in [0.1, 0.15) is 42.4 Å². The third kappa shape index (κ3) is 2.89. The van der Waals surface area contributed by atoms with Crippen LogP contribution in [0.5, 0.6) is 0 Å². The molecule has 1 N–H and O–H groups in total. The lowest BCUT2D eigenvalue weighted by atomic mass is 9.81. The van der Waals surface area contributed by atoms with Crippen molar-refractivity contribution in [1.82, 2.24) is 5.32 Å². The van der Waals surface area contributed by atoms with Gasteiger partial charge in [-0.05, 0) is 29.2 Å². The fourth-order valence-electron chi connectivity index (χ4n) is 2.87. The summed E-state index contributed by atoms with van der Waals surface area (Å²) in [5, 5.41) is 3.03. The minimum absolute atomic E-state index is 0.0763. The molecule has 0 bridgehead atoms. The predicted molar refractivity (Wildman–Crippen MR) is 85.8 cm³/mol. The van der Waals surface area contributed by atoms with Gasteiger partial charge in [0.25, 0.3) is 0 Å². The minimum atomic E-state index is 0.0763. The summed E-state index contributed by atoms with van der Waals surface area (Å²) in [6.07, 6.45) is 3.45. The summed E-state index contributed by atoms with van der Waals surface area (Å²) in [7, 11) is 0. The SMILES string of the molecule is CCC(=O)NC1=Cc2ccccc2C(c2ccccc2)C1. The fraction of sp³-hybridized carbons (Fsp3) is 0.211. The summed E-state index contributed by atoms with van der Waals surface area (Å²) < 4.78 is 0. The molecule has 2 aromatic rings. The molecule has 0 saturated carbocycles. The molecule has 1 aliphatic rings. The molecule has 0 fully saturated rings. The average Bonchev–Trinajstić information content (AvgIpc) is 2.55. The van der Waals surface area contributed by atoms with E-state index < -0.39 is 0 Å². The van der Waals surface area contributed by atoms with E-state index in [0.717, 1.165) is 12.1 Å². The smallest absolute Gasteiger partial charge is 0.223 e. The van der Waals surface area contributed by atoms with Gasteiger partial charge < -0.3 is 5.32 Å². The van der Waals surface area contributed by atoms with Crippen molar-refractivity contribution in [3.8, 4) is 0 Å². The number of rotatable bonds is 3. The first-order valence-corrected chi connectivity index (χ1v) is 7.42. The summed E-state index contributed by atoms with van der Waals surface area (Å²) in [6.45, 7) is 1.88. The number of hydrogen-bond acceptors (Lipinski definition) is 1. The second kappa shape index (κ2) is 5.96. The summed E-state index contributed by atoms with van der Waals surface area (Å²) >= 11 is 0. The van der Waals surface area contributed by atoms with Gasteiger partial charge in [-0.25, -0.2) is 0 Å². The molecular formula is C19H19NO. The molecule has 0 radical (unpaired) electrons.